The topological polar surface area (TPSA) is 44.8 Å². The Morgan fingerprint density at radius 3 is 2.81 bits per heavy atom. The Labute approximate surface area is 128 Å². The molecular weight excluding hydrogens is 266 g/mol. The first kappa shape index (κ1) is 15.3. The molecule has 3 heterocycles. The van der Waals surface area contributed by atoms with E-state index in [9.17, 15) is 4.79 Å². The summed E-state index contributed by atoms with van der Waals surface area (Å²) in [5.41, 5.74) is 0. The maximum Gasteiger partial charge on any atom is 0.248 e. The van der Waals surface area contributed by atoms with Crippen LogP contribution in [0.1, 0.15) is 32.1 Å². The predicted octanol–water partition coefficient (Wildman–Crippen LogP) is 0.698. The van der Waals surface area contributed by atoms with Crippen LogP contribution in [0.5, 0.6) is 0 Å². The summed E-state index contributed by atoms with van der Waals surface area (Å²) >= 11 is 0. The summed E-state index contributed by atoms with van der Waals surface area (Å²) < 4.78 is 5.81. The molecule has 0 radical (unpaired) electrons. The fraction of sp³-hybridized carbons (Fsp3) is 0.938. The van der Waals surface area contributed by atoms with Crippen molar-refractivity contribution < 1.29 is 9.53 Å². The maximum absolute atomic E-state index is 12.4. The summed E-state index contributed by atoms with van der Waals surface area (Å²) in [5.74, 6) is 0.862. The van der Waals surface area contributed by atoms with Gasteiger partial charge in [-0.05, 0) is 64.7 Å². The van der Waals surface area contributed by atoms with Gasteiger partial charge in [-0.15, -0.1) is 0 Å². The van der Waals surface area contributed by atoms with Crippen LogP contribution in [0.2, 0.25) is 0 Å². The molecule has 0 aliphatic carbocycles. The Bertz CT molecular complexity index is 357. The zero-order valence-electron chi connectivity index (χ0n) is 13.2. The molecule has 1 N–H and O–H groups in total. The monoisotopic (exact) mass is 295 g/mol. The van der Waals surface area contributed by atoms with Crippen LogP contribution in [0, 0.1) is 5.92 Å². The van der Waals surface area contributed by atoms with Crippen LogP contribution < -0.4 is 5.32 Å². The molecule has 21 heavy (non-hydrogen) atoms. The van der Waals surface area contributed by atoms with Crippen molar-refractivity contribution in [3.8, 4) is 0 Å². The van der Waals surface area contributed by atoms with Crippen molar-refractivity contribution >= 4 is 5.91 Å². The number of carbonyl (C=O) groups is 1. The highest BCUT2D eigenvalue weighted by atomic mass is 16.5. The van der Waals surface area contributed by atoms with Crippen molar-refractivity contribution in [2.24, 2.45) is 5.92 Å². The first-order valence-electron chi connectivity index (χ1n) is 8.54. The molecule has 0 aromatic heterocycles. The van der Waals surface area contributed by atoms with Gasteiger partial charge in [-0.25, -0.2) is 0 Å². The zero-order valence-corrected chi connectivity index (χ0v) is 13.2. The van der Waals surface area contributed by atoms with E-state index in [0.29, 0.717) is 12.0 Å². The SMILES string of the molecule is CN1CCCC2CN(C(=O)COC3CCNCC3)CCC21. The van der Waals surface area contributed by atoms with Gasteiger partial charge < -0.3 is 19.9 Å². The molecule has 3 aliphatic heterocycles. The predicted molar refractivity (Wildman–Crippen MR) is 82.2 cm³/mol. The molecule has 0 aromatic rings. The van der Waals surface area contributed by atoms with Crippen LogP contribution in [0.4, 0.5) is 0 Å². The maximum atomic E-state index is 12.4. The van der Waals surface area contributed by atoms with Crippen molar-refractivity contribution in [3.05, 3.63) is 0 Å². The van der Waals surface area contributed by atoms with Crippen LogP contribution >= 0.6 is 0 Å². The number of nitrogens with one attached hydrogen (secondary N) is 1. The van der Waals surface area contributed by atoms with Crippen LogP contribution in [0.3, 0.4) is 0 Å². The van der Waals surface area contributed by atoms with E-state index in [-0.39, 0.29) is 18.6 Å². The highest BCUT2D eigenvalue weighted by Gasteiger charge is 2.35. The lowest BCUT2D eigenvalue weighted by molar-refractivity contribution is -0.142. The third kappa shape index (κ3) is 3.76. The van der Waals surface area contributed by atoms with Gasteiger partial charge in [0.25, 0.3) is 0 Å². The van der Waals surface area contributed by atoms with E-state index >= 15 is 0 Å². The smallest absolute Gasteiger partial charge is 0.248 e. The van der Waals surface area contributed by atoms with Gasteiger partial charge in [0, 0.05) is 19.1 Å². The standard InChI is InChI=1S/C16H29N3O2/c1-18-9-2-3-13-11-19(10-6-15(13)18)16(20)12-21-14-4-7-17-8-5-14/h13-15,17H,2-12H2,1H3. The molecule has 3 aliphatic rings. The first-order valence-corrected chi connectivity index (χ1v) is 8.54. The van der Waals surface area contributed by atoms with E-state index in [1.165, 1.54) is 19.4 Å². The Kier molecular flexibility index (Phi) is 5.14. The number of hydrogen-bond donors (Lipinski definition) is 1. The third-order valence-corrected chi connectivity index (χ3v) is 5.43. The van der Waals surface area contributed by atoms with Crippen molar-refractivity contribution in [1.82, 2.24) is 15.1 Å². The highest BCUT2D eigenvalue weighted by molar-refractivity contribution is 5.77. The number of fused-ring (bicyclic) bond motifs is 1. The summed E-state index contributed by atoms with van der Waals surface area (Å²) in [4.78, 5) is 16.9. The van der Waals surface area contributed by atoms with Crippen molar-refractivity contribution in [2.45, 2.75) is 44.2 Å². The fourth-order valence-corrected chi connectivity index (χ4v) is 4.12. The molecule has 1 amide bonds. The van der Waals surface area contributed by atoms with Crippen LogP contribution in [-0.2, 0) is 9.53 Å². The summed E-state index contributed by atoms with van der Waals surface area (Å²) in [6, 6.07) is 0.688. The number of likely N-dealkylation sites (tertiary alicyclic amines) is 2. The normalized spacial score (nSPS) is 32.0. The highest BCUT2D eigenvalue weighted by Crippen LogP contribution is 2.29. The third-order valence-electron chi connectivity index (χ3n) is 5.43. The number of amides is 1. The molecule has 0 aromatic carbocycles. The summed E-state index contributed by atoms with van der Waals surface area (Å²) in [6.07, 6.45) is 6.00. The molecule has 0 saturated carbocycles. The lowest BCUT2D eigenvalue weighted by atomic mass is 9.84. The van der Waals surface area contributed by atoms with Crippen molar-refractivity contribution in [2.75, 3.05) is 46.4 Å². The van der Waals surface area contributed by atoms with Gasteiger partial charge in [0.05, 0.1) is 6.10 Å². The fourth-order valence-electron chi connectivity index (χ4n) is 4.12. The molecular formula is C16H29N3O2. The molecule has 3 rings (SSSR count). The van der Waals surface area contributed by atoms with Crippen LogP contribution in [0.25, 0.3) is 0 Å². The van der Waals surface area contributed by atoms with Crippen molar-refractivity contribution in [3.63, 3.8) is 0 Å². The van der Waals surface area contributed by atoms with E-state index in [4.69, 9.17) is 4.74 Å². The molecule has 2 unspecified atom stereocenters. The van der Waals surface area contributed by atoms with E-state index < -0.39 is 0 Å². The van der Waals surface area contributed by atoms with Gasteiger partial charge in [0.1, 0.15) is 6.61 Å². The summed E-state index contributed by atoms with van der Waals surface area (Å²) in [7, 11) is 2.23. The van der Waals surface area contributed by atoms with Crippen LogP contribution in [0.15, 0.2) is 0 Å². The molecule has 120 valence electrons. The average molecular weight is 295 g/mol. The quantitative estimate of drug-likeness (QED) is 0.832. The van der Waals surface area contributed by atoms with E-state index in [0.717, 1.165) is 45.4 Å². The second kappa shape index (κ2) is 7.07. The number of piperidine rings is 3. The minimum atomic E-state index is 0.195. The average Bonchev–Trinajstić information content (AvgIpc) is 2.53. The zero-order chi connectivity index (χ0) is 14.7. The molecule has 3 saturated heterocycles. The van der Waals surface area contributed by atoms with Gasteiger partial charge in [0.15, 0.2) is 0 Å². The summed E-state index contributed by atoms with van der Waals surface area (Å²) in [6.45, 7) is 5.35. The van der Waals surface area contributed by atoms with Gasteiger partial charge in [0.2, 0.25) is 5.91 Å². The lowest BCUT2D eigenvalue weighted by Crippen LogP contribution is -2.54. The van der Waals surface area contributed by atoms with E-state index in [1.54, 1.807) is 0 Å². The number of carbonyl (C=O) groups excluding carboxylic acids is 1. The molecule has 5 heteroatoms. The Balaban J connectivity index is 1.45. The molecule has 2 atom stereocenters. The van der Waals surface area contributed by atoms with Gasteiger partial charge >= 0.3 is 0 Å². The molecule has 0 spiro atoms. The van der Waals surface area contributed by atoms with E-state index in [1.807, 2.05) is 4.90 Å². The Morgan fingerprint density at radius 2 is 2.00 bits per heavy atom. The molecule has 0 bridgehead atoms. The number of nitrogens with zero attached hydrogens (tertiary/aromatic N) is 2. The number of ether oxygens (including phenoxy) is 1. The molecule has 3 fully saturated rings. The largest absolute Gasteiger partial charge is 0.368 e. The minimum absolute atomic E-state index is 0.195. The first-order chi connectivity index (χ1) is 10.2. The second-order valence-corrected chi connectivity index (χ2v) is 6.84. The van der Waals surface area contributed by atoms with Crippen LogP contribution in [-0.4, -0.2) is 74.2 Å². The number of hydrogen-bond acceptors (Lipinski definition) is 4. The van der Waals surface area contributed by atoms with Crippen molar-refractivity contribution in [1.29, 1.82) is 0 Å². The molecule has 5 nitrogen and oxygen atoms in total. The summed E-state index contributed by atoms with van der Waals surface area (Å²) in [5, 5.41) is 3.32. The van der Waals surface area contributed by atoms with Gasteiger partial charge in [-0.2, -0.15) is 0 Å². The minimum Gasteiger partial charge on any atom is -0.368 e. The Hall–Kier alpha value is -0.650. The second-order valence-electron chi connectivity index (χ2n) is 6.84. The van der Waals surface area contributed by atoms with E-state index in [2.05, 4.69) is 17.3 Å². The lowest BCUT2D eigenvalue weighted by Gasteiger charge is -2.46. The number of rotatable bonds is 3. The van der Waals surface area contributed by atoms with Gasteiger partial charge in [-0.1, -0.05) is 0 Å². The Morgan fingerprint density at radius 1 is 1.19 bits per heavy atom. The van der Waals surface area contributed by atoms with Gasteiger partial charge in [-0.3, -0.25) is 4.79 Å².